The van der Waals surface area contributed by atoms with Gasteiger partial charge in [-0.1, -0.05) is 0 Å². The van der Waals surface area contributed by atoms with Crippen molar-refractivity contribution in [2.75, 3.05) is 0 Å². The summed E-state index contributed by atoms with van der Waals surface area (Å²) in [5.74, 6) is 0. The van der Waals surface area contributed by atoms with Gasteiger partial charge in [0.15, 0.2) is 0 Å². The standard InChI is InChI=1S/2Cu.7O.2V/q2*+2;7*-2;;. The first-order valence-electron chi connectivity index (χ1n) is 0. The van der Waals surface area contributed by atoms with Gasteiger partial charge in [0.2, 0.25) is 0 Å². The Labute approximate surface area is 109 Å². The molecule has 0 spiro atoms. The quantitative estimate of drug-likeness (QED) is 0.495. The summed E-state index contributed by atoms with van der Waals surface area (Å²) in [6.45, 7) is 0. The molecule has 0 unspecified atom stereocenters. The molecule has 0 atom stereocenters. The van der Waals surface area contributed by atoms with Gasteiger partial charge in [-0.15, -0.1) is 0 Å². The molecule has 11 heteroatoms. The molecule has 0 aliphatic heterocycles. The fourth-order valence-electron chi connectivity index (χ4n) is 0. The van der Waals surface area contributed by atoms with E-state index in [2.05, 4.69) is 0 Å². The van der Waals surface area contributed by atoms with Crippen LogP contribution in [0.2, 0.25) is 0 Å². The molecule has 0 saturated carbocycles. The molecule has 0 aromatic carbocycles. The monoisotopic (exact) mass is 340 g/mol. The van der Waals surface area contributed by atoms with Gasteiger partial charge in [-0.2, -0.15) is 0 Å². The minimum absolute atomic E-state index is 0. The van der Waals surface area contributed by atoms with Crippen LogP contribution in [0.25, 0.3) is 0 Å². The van der Waals surface area contributed by atoms with Crippen molar-refractivity contribution in [3.8, 4) is 0 Å². The Hall–Kier alpha value is 1.93. The van der Waals surface area contributed by atoms with E-state index in [0.717, 1.165) is 0 Å². The van der Waals surface area contributed by atoms with Crippen LogP contribution in [0.4, 0.5) is 0 Å². The molecule has 84 valence electrons. The van der Waals surface area contributed by atoms with Crippen molar-refractivity contribution < 1.29 is 110 Å². The zero-order valence-corrected chi connectivity index (χ0v) is 9.03. The van der Waals surface area contributed by atoms with Crippen molar-refractivity contribution in [3.05, 3.63) is 0 Å². The van der Waals surface area contributed by atoms with Crippen LogP contribution in [-0.4, -0.2) is 0 Å². The first-order chi connectivity index (χ1) is 0. The zero-order chi connectivity index (χ0) is 0. The molecule has 0 heterocycles. The molecular formula is Cu2O7V2-10. The van der Waals surface area contributed by atoms with Crippen LogP contribution in [0.15, 0.2) is 0 Å². The Kier molecular flexibility index (Phi) is 17200. The first-order valence-corrected chi connectivity index (χ1v) is 0. The van der Waals surface area contributed by atoms with Gasteiger partial charge in [0.1, 0.15) is 0 Å². The summed E-state index contributed by atoms with van der Waals surface area (Å²) in [6, 6.07) is 0. The van der Waals surface area contributed by atoms with Gasteiger partial charge in [-0.05, 0) is 0 Å². The Morgan fingerprint density at radius 2 is 0.273 bits per heavy atom. The minimum atomic E-state index is 0. The summed E-state index contributed by atoms with van der Waals surface area (Å²) in [5, 5.41) is 0. The van der Waals surface area contributed by atoms with Crippen molar-refractivity contribution in [1.82, 2.24) is 0 Å². The predicted octanol–water partition coefficient (Wildman–Crippen LogP) is -0.842. The molecule has 0 N–H and O–H groups in total. The molecule has 11 heavy (non-hydrogen) atoms. The topological polar surface area (TPSA) is 200 Å². The summed E-state index contributed by atoms with van der Waals surface area (Å²) in [7, 11) is 0. The van der Waals surface area contributed by atoms with E-state index in [4.69, 9.17) is 0 Å². The van der Waals surface area contributed by atoms with Crippen LogP contribution < -0.4 is 0 Å². The SMILES string of the molecule is [Cu+2].[Cu+2].[O-2].[O-2].[O-2].[O-2].[O-2].[O-2].[O-2].[V].[V]. The Bertz CT molecular complexity index is 14.4. The van der Waals surface area contributed by atoms with Crippen LogP contribution in [0.5, 0.6) is 0 Å². The number of rotatable bonds is 0. The minimum Gasteiger partial charge on any atom is -2.00 e. The second-order valence-corrected chi connectivity index (χ2v) is 0. The van der Waals surface area contributed by atoms with E-state index in [9.17, 15) is 0 Å². The largest absolute Gasteiger partial charge is 2.00 e. The van der Waals surface area contributed by atoms with Crippen LogP contribution in [-0.2, 0) is 110 Å². The van der Waals surface area contributed by atoms with Gasteiger partial charge in [0.25, 0.3) is 0 Å². The fourth-order valence-corrected chi connectivity index (χ4v) is 0. The van der Waals surface area contributed by atoms with Gasteiger partial charge >= 0.3 is 34.1 Å². The van der Waals surface area contributed by atoms with Crippen molar-refractivity contribution in [2.24, 2.45) is 0 Å². The molecule has 0 aliphatic rings. The molecule has 0 saturated heterocycles. The van der Waals surface area contributed by atoms with Crippen molar-refractivity contribution in [1.29, 1.82) is 0 Å². The third kappa shape index (κ3) is 316. The second-order valence-electron chi connectivity index (χ2n) is 0. The van der Waals surface area contributed by atoms with E-state index in [1.54, 1.807) is 0 Å². The summed E-state index contributed by atoms with van der Waals surface area (Å²) in [5.41, 5.74) is 0. The summed E-state index contributed by atoms with van der Waals surface area (Å²) >= 11 is 0. The van der Waals surface area contributed by atoms with Crippen LogP contribution >= 0.6 is 0 Å². The van der Waals surface area contributed by atoms with E-state index in [0.29, 0.717) is 0 Å². The maximum atomic E-state index is 0. The molecule has 0 fully saturated rings. The molecule has 0 amide bonds. The van der Waals surface area contributed by atoms with Gasteiger partial charge in [-0.3, -0.25) is 0 Å². The zero-order valence-electron chi connectivity index (χ0n) is 4.36. The Balaban J connectivity index is 0. The van der Waals surface area contributed by atoms with Crippen molar-refractivity contribution in [3.63, 3.8) is 0 Å². The average Bonchev–Trinajstić information content (AvgIpc) is 0. The fraction of sp³-hybridized carbons (Fsp3) is 0. The third-order valence-corrected chi connectivity index (χ3v) is 0. The third-order valence-electron chi connectivity index (χ3n) is 0. The second kappa shape index (κ2) is 383. The molecule has 0 aliphatic carbocycles. The van der Waals surface area contributed by atoms with Crippen molar-refractivity contribution >= 4 is 0 Å². The maximum Gasteiger partial charge on any atom is 2.00 e. The van der Waals surface area contributed by atoms with Gasteiger partial charge in [0.05, 0.1) is 0 Å². The smallest absolute Gasteiger partial charge is 2.00 e. The molecule has 0 bridgehead atoms. The predicted molar refractivity (Wildman–Crippen MR) is 4.81 cm³/mol. The Morgan fingerprint density at radius 3 is 0.273 bits per heavy atom. The summed E-state index contributed by atoms with van der Waals surface area (Å²) < 4.78 is 0. The van der Waals surface area contributed by atoms with E-state index < -0.39 is 0 Å². The molecule has 7 nitrogen and oxygen atoms in total. The number of hydrogen-bond donors (Lipinski definition) is 0. The first kappa shape index (κ1) is 495. The summed E-state index contributed by atoms with van der Waals surface area (Å²) in [6.07, 6.45) is 0. The van der Waals surface area contributed by atoms with Crippen LogP contribution in [0.1, 0.15) is 0 Å². The molecule has 0 aromatic heterocycles. The normalized spacial score (nSPS) is 0. The average molecular weight is 341 g/mol. The summed E-state index contributed by atoms with van der Waals surface area (Å²) in [4.78, 5) is 0. The van der Waals surface area contributed by atoms with E-state index in [-0.39, 0.29) is 110 Å². The molecule has 0 aromatic rings. The van der Waals surface area contributed by atoms with Crippen LogP contribution in [0.3, 0.4) is 0 Å². The molecule has 4 radical (unpaired) electrons. The molecular weight excluding hydrogens is 341 g/mol. The van der Waals surface area contributed by atoms with Crippen molar-refractivity contribution in [2.45, 2.75) is 0 Å². The van der Waals surface area contributed by atoms with Crippen LogP contribution in [0, 0.1) is 0 Å². The van der Waals surface area contributed by atoms with Gasteiger partial charge in [-0.25, -0.2) is 0 Å². The maximum absolute atomic E-state index is 0. The van der Waals surface area contributed by atoms with Gasteiger partial charge < -0.3 is 38.3 Å². The van der Waals surface area contributed by atoms with E-state index in [1.165, 1.54) is 0 Å². The van der Waals surface area contributed by atoms with E-state index in [1.807, 2.05) is 0 Å². The van der Waals surface area contributed by atoms with E-state index >= 15 is 0 Å². The Morgan fingerprint density at radius 1 is 0.273 bits per heavy atom. The molecule has 0 rings (SSSR count). The van der Waals surface area contributed by atoms with Gasteiger partial charge in [0, 0.05) is 37.1 Å². The number of hydrogen-bond acceptors (Lipinski definition) is 0.